The van der Waals surface area contributed by atoms with Crippen LogP contribution in [0.5, 0.6) is 5.75 Å². The fourth-order valence-electron chi connectivity index (χ4n) is 3.93. The van der Waals surface area contributed by atoms with Gasteiger partial charge in [0.2, 0.25) is 5.91 Å². The fraction of sp³-hybridized carbons (Fsp3) is 0.115. The molecule has 7 nitrogen and oxygen atoms in total. The number of anilines is 2. The maximum absolute atomic E-state index is 13.2. The average Bonchev–Trinajstić information content (AvgIpc) is 3.09. The first-order valence-electron chi connectivity index (χ1n) is 10.4. The number of amides is 2. The van der Waals surface area contributed by atoms with E-state index < -0.39 is 17.7 Å². The molecule has 172 valence electrons. The van der Waals surface area contributed by atoms with E-state index in [-0.39, 0.29) is 17.2 Å². The van der Waals surface area contributed by atoms with Gasteiger partial charge in [-0.15, -0.1) is 0 Å². The second-order valence-electron chi connectivity index (χ2n) is 7.66. The number of aliphatic hydroxyl groups excluding tert-OH is 1. The molecule has 1 aliphatic heterocycles. The normalized spacial score (nSPS) is 17.0. The van der Waals surface area contributed by atoms with Crippen molar-refractivity contribution in [3.05, 3.63) is 94.0 Å². The molecule has 0 aromatic heterocycles. The minimum Gasteiger partial charge on any atom is -0.507 e. The summed E-state index contributed by atoms with van der Waals surface area (Å²) in [6, 6.07) is 19.7. The summed E-state index contributed by atoms with van der Waals surface area (Å²) in [5.74, 6) is -1.48. The summed E-state index contributed by atoms with van der Waals surface area (Å²) in [6.07, 6.45) is 0. The first-order chi connectivity index (χ1) is 16.3. The highest BCUT2D eigenvalue weighted by Crippen LogP contribution is 2.42. The lowest BCUT2D eigenvalue weighted by atomic mass is 9.95. The molecule has 0 spiro atoms. The Morgan fingerprint density at radius 2 is 1.71 bits per heavy atom. The Hall–Kier alpha value is -3.91. The molecule has 8 heteroatoms. The molecule has 1 heterocycles. The number of aliphatic hydroxyl groups is 1. The van der Waals surface area contributed by atoms with E-state index in [0.717, 1.165) is 0 Å². The first kappa shape index (κ1) is 23.3. The first-order valence-corrected chi connectivity index (χ1v) is 11.2. The summed E-state index contributed by atoms with van der Waals surface area (Å²) in [7, 11) is 1.53. The standard InChI is InChI=1S/C26H21BrN2O5/c1-15(30)28-18-9-11-19(12-10-18)29-23(16-6-4-3-5-7-16)22(25(32)26(29)33)24(31)17-8-13-21(34-2)20(27)14-17/h3-14,23,31H,1-2H3,(H,28,30)/b24-22-. The van der Waals surface area contributed by atoms with E-state index in [1.165, 1.54) is 18.9 Å². The predicted molar refractivity (Wildman–Crippen MR) is 133 cm³/mol. The summed E-state index contributed by atoms with van der Waals surface area (Å²) < 4.78 is 5.84. The number of carbonyl (C=O) groups excluding carboxylic acids is 3. The highest BCUT2D eigenvalue weighted by molar-refractivity contribution is 9.10. The molecule has 0 bridgehead atoms. The molecule has 4 rings (SSSR count). The van der Waals surface area contributed by atoms with Crippen LogP contribution in [0.2, 0.25) is 0 Å². The summed E-state index contributed by atoms with van der Waals surface area (Å²) in [4.78, 5) is 39.1. The zero-order valence-electron chi connectivity index (χ0n) is 18.4. The Bertz CT molecular complexity index is 1300. The van der Waals surface area contributed by atoms with Gasteiger partial charge in [0, 0.05) is 23.9 Å². The number of ether oxygens (including phenoxy) is 1. The smallest absolute Gasteiger partial charge is 0.300 e. The predicted octanol–water partition coefficient (Wildman–Crippen LogP) is 5.04. The largest absolute Gasteiger partial charge is 0.507 e. The average molecular weight is 521 g/mol. The minimum atomic E-state index is -0.839. The van der Waals surface area contributed by atoms with Crippen molar-refractivity contribution in [1.82, 2.24) is 0 Å². The molecule has 2 amide bonds. The van der Waals surface area contributed by atoms with Crippen LogP contribution in [-0.4, -0.2) is 29.8 Å². The minimum absolute atomic E-state index is 0.0146. The molecule has 1 fully saturated rings. The van der Waals surface area contributed by atoms with E-state index in [1.54, 1.807) is 66.7 Å². The van der Waals surface area contributed by atoms with Crippen LogP contribution in [-0.2, 0) is 14.4 Å². The zero-order valence-corrected chi connectivity index (χ0v) is 20.0. The third-order valence-corrected chi connectivity index (χ3v) is 6.07. The van der Waals surface area contributed by atoms with Crippen molar-refractivity contribution in [2.75, 3.05) is 17.3 Å². The van der Waals surface area contributed by atoms with Gasteiger partial charge in [-0.1, -0.05) is 30.3 Å². The number of ketones is 1. The van der Waals surface area contributed by atoms with E-state index in [0.29, 0.717) is 32.7 Å². The fourth-order valence-corrected chi connectivity index (χ4v) is 4.47. The van der Waals surface area contributed by atoms with Crippen LogP contribution in [0.25, 0.3) is 5.76 Å². The number of methoxy groups -OCH3 is 1. The molecular weight excluding hydrogens is 500 g/mol. The lowest BCUT2D eigenvalue weighted by Gasteiger charge is -2.25. The van der Waals surface area contributed by atoms with Crippen LogP contribution in [0.3, 0.4) is 0 Å². The van der Waals surface area contributed by atoms with Gasteiger partial charge in [0.15, 0.2) is 0 Å². The number of hydrogen-bond donors (Lipinski definition) is 2. The van der Waals surface area contributed by atoms with Crippen LogP contribution in [0.15, 0.2) is 82.8 Å². The molecule has 0 radical (unpaired) electrons. The van der Waals surface area contributed by atoms with Gasteiger partial charge in [-0.3, -0.25) is 19.3 Å². The quantitative estimate of drug-likeness (QED) is 0.279. The molecule has 1 aliphatic rings. The lowest BCUT2D eigenvalue weighted by Crippen LogP contribution is -2.29. The van der Waals surface area contributed by atoms with Crippen molar-refractivity contribution >= 4 is 50.7 Å². The highest BCUT2D eigenvalue weighted by Gasteiger charge is 2.46. The van der Waals surface area contributed by atoms with Crippen LogP contribution >= 0.6 is 15.9 Å². The van der Waals surface area contributed by atoms with Gasteiger partial charge in [0.05, 0.1) is 23.2 Å². The number of hydrogen-bond acceptors (Lipinski definition) is 5. The van der Waals surface area contributed by atoms with Gasteiger partial charge in [-0.05, 0) is 64.0 Å². The Kier molecular flexibility index (Phi) is 6.51. The van der Waals surface area contributed by atoms with E-state index in [4.69, 9.17) is 4.74 Å². The van der Waals surface area contributed by atoms with Gasteiger partial charge in [-0.25, -0.2) is 0 Å². The molecule has 1 atom stereocenters. The van der Waals surface area contributed by atoms with Crippen LogP contribution in [0, 0.1) is 0 Å². The number of halogens is 1. The molecule has 1 unspecified atom stereocenters. The van der Waals surface area contributed by atoms with Gasteiger partial charge in [-0.2, -0.15) is 0 Å². The van der Waals surface area contributed by atoms with E-state index in [2.05, 4.69) is 21.2 Å². The third kappa shape index (κ3) is 4.32. The maximum atomic E-state index is 13.2. The molecule has 3 aromatic rings. The number of nitrogens with one attached hydrogen (secondary N) is 1. The summed E-state index contributed by atoms with van der Waals surface area (Å²) >= 11 is 3.39. The number of carbonyl (C=O) groups is 3. The van der Waals surface area contributed by atoms with Crippen LogP contribution in [0.1, 0.15) is 24.1 Å². The van der Waals surface area contributed by atoms with Gasteiger partial charge >= 0.3 is 0 Å². The highest BCUT2D eigenvalue weighted by atomic mass is 79.9. The number of benzene rings is 3. The number of rotatable bonds is 5. The molecular formula is C26H21BrN2O5. The second-order valence-corrected chi connectivity index (χ2v) is 8.51. The molecule has 0 saturated carbocycles. The van der Waals surface area contributed by atoms with E-state index >= 15 is 0 Å². The summed E-state index contributed by atoms with van der Waals surface area (Å²) in [5.41, 5.74) is 2.04. The molecule has 3 aromatic carbocycles. The van der Waals surface area contributed by atoms with E-state index in [9.17, 15) is 19.5 Å². The lowest BCUT2D eigenvalue weighted by molar-refractivity contribution is -0.132. The molecule has 34 heavy (non-hydrogen) atoms. The summed E-state index contributed by atoms with van der Waals surface area (Å²) in [5, 5.41) is 13.9. The molecule has 1 saturated heterocycles. The van der Waals surface area contributed by atoms with Crippen LogP contribution < -0.4 is 15.0 Å². The van der Waals surface area contributed by atoms with Crippen molar-refractivity contribution in [2.45, 2.75) is 13.0 Å². The zero-order chi connectivity index (χ0) is 24.4. The Morgan fingerprint density at radius 3 is 2.29 bits per heavy atom. The molecule has 2 N–H and O–H groups in total. The van der Waals surface area contributed by atoms with Gasteiger partial charge in [0.1, 0.15) is 11.5 Å². The van der Waals surface area contributed by atoms with Crippen LogP contribution in [0.4, 0.5) is 11.4 Å². The second kappa shape index (κ2) is 9.52. The van der Waals surface area contributed by atoms with Crippen molar-refractivity contribution < 1.29 is 24.2 Å². The summed E-state index contributed by atoms with van der Waals surface area (Å²) in [6.45, 7) is 1.40. The Morgan fingerprint density at radius 1 is 1.03 bits per heavy atom. The maximum Gasteiger partial charge on any atom is 0.300 e. The van der Waals surface area contributed by atoms with Crippen molar-refractivity contribution in [3.63, 3.8) is 0 Å². The van der Waals surface area contributed by atoms with Crippen molar-refractivity contribution in [2.24, 2.45) is 0 Å². The van der Waals surface area contributed by atoms with Gasteiger partial charge in [0.25, 0.3) is 11.7 Å². The number of nitrogens with zero attached hydrogens (tertiary/aromatic N) is 1. The number of Topliss-reactive ketones (excluding diaryl/α,β-unsaturated/α-hetero) is 1. The van der Waals surface area contributed by atoms with E-state index in [1.807, 2.05) is 6.07 Å². The van der Waals surface area contributed by atoms with Crippen molar-refractivity contribution in [1.29, 1.82) is 0 Å². The third-order valence-electron chi connectivity index (χ3n) is 5.45. The Labute approximate surface area is 204 Å². The van der Waals surface area contributed by atoms with Gasteiger partial charge < -0.3 is 15.2 Å². The van der Waals surface area contributed by atoms with Crippen molar-refractivity contribution in [3.8, 4) is 5.75 Å². The molecule has 0 aliphatic carbocycles. The monoisotopic (exact) mass is 520 g/mol. The SMILES string of the molecule is COc1ccc(/C(O)=C2/C(=O)C(=O)N(c3ccc(NC(C)=O)cc3)C2c2ccccc2)cc1Br. The Balaban J connectivity index is 1.86. The topological polar surface area (TPSA) is 95.9 Å².